The van der Waals surface area contributed by atoms with Crippen LogP contribution in [0.1, 0.15) is 10.4 Å². The number of piperazine rings is 1. The highest BCUT2D eigenvalue weighted by molar-refractivity contribution is 6.33. The maximum absolute atomic E-state index is 12.7. The van der Waals surface area contributed by atoms with Gasteiger partial charge in [0.05, 0.1) is 29.4 Å². The Morgan fingerprint density at radius 1 is 1.45 bits per heavy atom. The quantitative estimate of drug-likeness (QED) is 0.787. The van der Waals surface area contributed by atoms with Crippen LogP contribution < -0.4 is 15.8 Å². The lowest BCUT2D eigenvalue weighted by Gasteiger charge is -2.36. The van der Waals surface area contributed by atoms with Crippen LogP contribution in [0.3, 0.4) is 0 Å². The van der Waals surface area contributed by atoms with Crippen molar-refractivity contribution in [1.82, 2.24) is 15.1 Å². The zero-order chi connectivity index (χ0) is 15.9. The number of nitrogens with two attached hydrogens (primary N) is 1. The number of hydrogen-bond donors (Lipinski definition) is 2. The number of fused-ring (bicyclic) bond motifs is 1. The van der Waals surface area contributed by atoms with Crippen LogP contribution >= 0.6 is 11.6 Å². The summed E-state index contributed by atoms with van der Waals surface area (Å²) in [6.45, 7) is 2.05. The summed E-state index contributed by atoms with van der Waals surface area (Å²) in [6, 6.07) is 3.03. The molecule has 2 aliphatic rings. The van der Waals surface area contributed by atoms with Crippen molar-refractivity contribution in [3.05, 3.63) is 22.7 Å². The first-order valence-corrected chi connectivity index (χ1v) is 7.36. The van der Waals surface area contributed by atoms with E-state index in [2.05, 4.69) is 5.32 Å². The maximum atomic E-state index is 12.7. The van der Waals surface area contributed by atoms with Gasteiger partial charge in [-0.1, -0.05) is 11.6 Å². The van der Waals surface area contributed by atoms with Crippen molar-refractivity contribution in [2.45, 2.75) is 6.04 Å². The number of nitrogens with zero attached hydrogens (tertiary/aromatic N) is 2. The van der Waals surface area contributed by atoms with Gasteiger partial charge in [-0.15, -0.1) is 0 Å². The van der Waals surface area contributed by atoms with Gasteiger partial charge in [0, 0.05) is 32.2 Å². The summed E-state index contributed by atoms with van der Waals surface area (Å²) < 4.78 is 5.23. The highest BCUT2D eigenvalue weighted by atomic mass is 35.5. The molecule has 2 aliphatic heterocycles. The third kappa shape index (κ3) is 2.41. The Labute approximate surface area is 132 Å². The lowest BCUT2D eigenvalue weighted by atomic mass is 10.1. The lowest BCUT2D eigenvalue weighted by Crippen LogP contribution is -2.53. The number of anilines is 1. The van der Waals surface area contributed by atoms with E-state index in [1.165, 1.54) is 13.2 Å². The molecule has 1 unspecified atom stereocenters. The van der Waals surface area contributed by atoms with Crippen molar-refractivity contribution in [2.24, 2.45) is 0 Å². The molecule has 1 atom stereocenters. The van der Waals surface area contributed by atoms with Gasteiger partial charge in [0.1, 0.15) is 5.75 Å². The number of nitrogen functional groups attached to an aromatic ring is 1. The molecule has 22 heavy (non-hydrogen) atoms. The molecule has 3 rings (SSSR count). The summed E-state index contributed by atoms with van der Waals surface area (Å²) in [5.41, 5.74) is 6.49. The van der Waals surface area contributed by atoms with Gasteiger partial charge in [0.25, 0.3) is 5.91 Å². The Kier molecular flexibility index (Phi) is 3.74. The molecule has 2 heterocycles. The molecular formula is C14H17ClN4O3. The summed E-state index contributed by atoms with van der Waals surface area (Å²) in [5, 5.41) is 3.11. The smallest absolute Gasteiger partial charge is 0.317 e. The van der Waals surface area contributed by atoms with E-state index in [1.807, 2.05) is 0 Å². The fourth-order valence-electron chi connectivity index (χ4n) is 2.86. The predicted molar refractivity (Wildman–Crippen MR) is 82.2 cm³/mol. The van der Waals surface area contributed by atoms with Gasteiger partial charge in [-0.05, 0) is 6.07 Å². The average molecular weight is 325 g/mol. The number of carbonyl (C=O) groups is 2. The second-order valence-corrected chi connectivity index (χ2v) is 5.77. The Morgan fingerprint density at radius 3 is 2.95 bits per heavy atom. The van der Waals surface area contributed by atoms with Crippen LogP contribution in [0.2, 0.25) is 5.02 Å². The van der Waals surface area contributed by atoms with Gasteiger partial charge in [0.2, 0.25) is 0 Å². The molecule has 2 fully saturated rings. The van der Waals surface area contributed by atoms with E-state index in [4.69, 9.17) is 22.1 Å². The molecule has 1 aromatic carbocycles. The van der Waals surface area contributed by atoms with Gasteiger partial charge >= 0.3 is 6.03 Å². The number of nitrogens with one attached hydrogen (secondary N) is 1. The minimum Gasteiger partial charge on any atom is -0.496 e. The summed E-state index contributed by atoms with van der Waals surface area (Å²) in [5.74, 6) is 0.229. The van der Waals surface area contributed by atoms with Crippen LogP contribution in [0.4, 0.5) is 10.5 Å². The minimum atomic E-state index is -0.169. The zero-order valence-electron chi connectivity index (χ0n) is 12.1. The molecule has 0 saturated carbocycles. The number of hydrogen-bond acceptors (Lipinski definition) is 4. The molecule has 7 nitrogen and oxygen atoms in total. The zero-order valence-corrected chi connectivity index (χ0v) is 12.9. The first-order valence-electron chi connectivity index (χ1n) is 6.98. The summed E-state index contributed by atoms with van der Waals surface area (Å²) >= 11 is 6.02. The lowest BCUT2D eigenvalue weighted by molar-refractivity contribution is 0.0614. The third-order valence-corrected chi connectivity index (χ3v) is 4.40. The van der Waals surface area contributed by atoms with E-state index in [-0.39, 0.29) is 18.0 Å². The van der Waals surface area contributed by atoms with E-state index >= 15 is 0 Å². The first kappa shape index (κ1) is 14.8. The van der Waals surface area contributed by atoms with Crippen LogP contribution in [0.15, 0.2) is 12.1 Å². The van der Waals surface area contributed by atoms with Gasteiger partial charge in [-0.25, -0.2) is 4.79 Å². The number of ether oxygens (including phenoxy) is 1. The molecule has 118 valence electrons. The van der Waals surface area contributed by atoms with E-state index < -0.39 is 0 Å². The van der Waals surface area contributed by atoms with Crippen molar-refractivity contribution >= 4 is 29.2 Å². The second kappa shape index (κ2) is 5.57. The molecule has 0 aromatic heterocycles. The number of amides is 3. The number of carbonyl (C=O) groups excluding carboxylic acids is 2. The summed E-state index contributed by atoms with van der Waals surface area (Å²) in [7, 11) is 1.48. The van der Waals surface area contributed by atoms with Crippen LogP contribution in [-0.2, 0) is 0 Å². The third-order valence-electron chi connectivity index (χ3n) is 4.07. The molecule has 8 heteroatoms. The Bertz CT molecular complexity index is 637. The van der Waals surface area contributed by atoms with Crippen molar-refractivity contribution < 1.29 is 14.3 Å². The van der Waals surface area contributed by atoms with E-state index in [0.29, 0.717) is 48.2 Å². The summed E-state index contributed by atoms with van der Waals surface area (Å²) in [4.78, 5) is 27.8. The molecule has 3 amide bonds. The van der Waals surface area contributed by atoms with Crippen molar-refractivity contribution in [3.63, 3.8) is 0 Å². The highest BCUT2D eigenvalue weighted by Gasteiger charge is 2.37. The molecule has 1 aromatic rings. The topological polar surface area (TPSA) is 87.9 Å². The van der Waals surface area contributed by atoms with Gasteiger partial charge in [-0.2, -0.15) is 0 Å². The number of halogens is 1. The van der Waals surface area contributed by atoms with Gasteiger partial charge in [-0.3, -0.25) is 4.79 Å². The van der Waals surface area contributed by atoms with Crippen LogP contribution in [-0.4, -0.2) is 61.1 Å². The van der Waals surface area contributed by atoms with Crippen molar-refractivity contribution in [3.8, 4) is 5.75 Å². The second-order valence-electron chi connectivity index (χ2n) is 5.36. The molecule has 0 radical (unpaired) electrons. The largest absolute Gasteiger partial charge is 0.496 e. The van der Waals surface area contributed by atoms with E-state index in [9.17, 15) is 9.59 Å². The number of benzene rings is 1. The Morgan fingerprint density at radius 2 is 2.23 bits per heavy atom. The average Bonchev–Trinajstić information content (AvgIpc) is 2.89. The van der Waals surface area contributed by atoms with Crippen molar-refractivity contribution in [2.75, 3.05) is 39.0 Å². The molecule has 2 saturated heterocycles. The maximum Gasteiger partial charge on any atom is 0.317 e. The molecular weight excluding hydrogens is 308 g/mol. The van der Waals surface area contributed by atoms with Crippen LogP contribution in [0, 0.1) is 0 Å². The minimum absolute atomic E-state index is 0.0143. The van der Waals surface area contributed by atoms with E-state index in [1.54, 1.807) is 15.9 Å². The molecule has 0 aliphatic carbocycles. The van der Waals surface area contributed by atoms with Gasteiger partial charge < -0.3 is 25.6 Å². The Balaban J connectivity index is 1.83. The fourth-order valence-corrected chi connectivity index (χ4v) is 3.03. The Hall–Kier alpha value is -2.15. The van der Waals surface area contributed by atoms with Crippen LogP contribution in [0.25, 0.3) is 0 Å². The first-order chi connectivity index (χ1) is 10.5. The molecule has 0 bridgehead atoms. The van der Waals surface area contributed by atoms with Crippen molar-refractivity contribution in [1.29, 1.82) is 0 Å². The van der Waals surface area contributed by atoms with Gasteiger partial charge in [0.15, 0.2) is 0 Å². The van der Waals surface area contributed by atoms with E-state index in [0.717, 1.165) is 0 Å². The highest BCUT2D eigenvalue weighted by Crippen LogP contribution is 2.30. The molecule has 3 N–H and O–H groups in total. The fraction of sp³-hybridized carbons (Fsp3) is 0.429. The molecule has 0 spiro atoms. The standard InChI is InChI=1S/C14H17ClN4O3/c1-22-12-5-11(16)10(15)4-9(12)13(20)18-2-3-19-8(7-18)6-17-14(19)21/h4-5,8H,2-3,6-7,16H2,1H3,(H,17,21). The number of urea groups is 1. The van der Waals surface area contributed by atoms with Crippen LogP contribution in [0.5, 0.6) is 5.75 Å². The predicted octanol–water partition coefficient (Wildman–Crippen LogP) is 0.780. The SMILES string of the molecule is COc1cc(N)c(Cl)cc1C(=O)N1CCN2C(=O)NCC2C1. The number of rotatable bonds is 2. The normalized spacial score (nSPS) is 20.6. The summed E-state index contributed by atoms with van der Waals surface area (Å²) in [6.07, 6.45) is 0. The number of methoxy groups -OCH3 is 1. The monoisotopic (exact) mass is 324 g/mol.